The molecule has 0 heterocycles. The number of nitrogens with one attached hydrogen (secondary N) is 1. The summed E-state index contributed by atoms with van der Waals surface area (Å²) in [6.45, 7) is 1.83. The van der Waals surface area contributed by atoms with Crippen LogP contribution in [0, 0.1) is 17.0 Å². The Morgan fingerprint density at radius 2 is 1.90 bits per heavy atom. The molecule has 0 atom stereocenters. The Balaban J connectivity index is 2.50. The lowest BCUT2D eigenvalue weighted by Crippen LogP contribution is -2.00. The number of hydrogen-bond donors (Lipinski definition) is 1. The second-order valence-electron chi connectivity index (χ2n) is 4.32. The smallest absolute Gasteiger partial charge is 0.311 e. The lowest BCUT2D eigenvalue weighted by molar-refractivity contribution is -0.383. The molecule has 0 aliphatic rings. The normalized spacial score (nSPS) is 10.3. The van der Waals surface area contributed by atoms with Crippen molar-refractivity contribution in [1.82, 2.24) is 0 Å². The molecule has 0 radical (unpaired) electrons. The number of benzene rings is 2. The summed E-state index contributed by atoms with van der Waals surface area (Å²) in [6.07, 6.45) is 0. The van der Waals surface area contributed by atoms with Crippen molar-refractivity contribution in [3.63, 3.8) is 0 Å². The number of nitrogens with zero attached hydrogens (tertiary/aromatic N) is 1. The van der Waals surface area contributed by atoms with E-state index in [1.54, 1.807) is 24.3 Å². The van der Waals surface area contributed by atoms with E-state index in [4.69, 9.17) is 27.9 Å². The highest BCUT2D eigenvalue weighted by Gasteiger charge is 2.19. The van der Waals surface area contributed by atoms with Gasteiger partial charge in [0.25, 0.3) is 0 Å². The van der Waals surface area contributed by atoms with E-state index in [0.717, 1.165) is 5.56 Å². The minimum Gasteiger partial charge on any atom is -0.495 e. The van der Waals surface area contributed by atoms with Crippen LogP contribution in [-0.2, 0) is 0 Å². The summed E-state index contributed by atoms with van der Waals surface area (Å²) in [5.41, 5.74) is 1.50. The highest BCUT2D eigenvalue weighted by molar-refractivity contribution is 6.33. The Kier molecular flexibility index (Phi) is 4.55. The number of para-hydroxylation sites is 1. The number of hydrogen-bond acceptors (Lipinski definition) is 4. The molecule has 21 heavy (non-hydrogen) atoms. The number of methoxy groups -OCH3 is 1. The molecule has 2 aromatic carbocycles. The number of aryl methyl sites for hydroxylation is 1. The molecule has 0 unspecified atom stereocenters. The zero-order valence-electron chi connectivity index (χ0n) is 11.3. The summed E-state index contributed by atoms with van der Waals surface area (Å²) in [4.78, 5) is 10.6. The van der Waals surface area contributed by atoms with Gasteiger partial charge in [-0.25, -0.2) is 0 Å². The first-order chi connectivity index (χ1) is 9.93. The van der Waals surface area contributed by atoms with Crippen LogP contribution in [0.3, 0.4) is 0 Å². The minimum atomic E-state index is -0.528. The molecule has 0 fully saturated rings. The van der Waals surface area contributed by atoms with Gasteiger partial charge >= 0.3 is 5.69 Å². The number of anilines is 2. The Morgan fingerprint density at radius 3 is 2.52 bits per heavy atom. The van der Waals surface area contributed by atoms with Gasteiger partial charge in [-0.2, -0.15) is 0 Å². The SMILES string of the molecule is COc1cc(Cl)c(C)cc1Nc1cccc(Cl)c1[N+](=O)[O-]. The van der Waals surface area contributed by atoms with Gasteiger partial charge in [-0.05, 0) is 30.7 Å². The Labute approximate surface area is 131 Å². The van der Waals surface area contributed by atoms with Crippen molar-refractivity contribution in [2.24, 2.45) is 0 Å². The summed E-state index contributed by atoms with van der Waals surface area (Å²) < 4.78 is 5.23. The van der Waals surface area contributed by atoms with Gasteiger partial charge < -0.3 is 10.1 Å². The molecule has 2 aromatic rings. The molecule has 0 saturated heterocycles. The van der Waals surface area contributed by atoms with Crippen LogP contribution >= 0.6 is 23.2 Å². The molecule has 0 saturated carbocycles. The van der Waals surface area contributed by atoms with E-state index in [0.29, 0.717) is 16.5 Å². The maximum atomic E-state index is 11.1. The number of halogens is 2. The van der Waals surface area contributed by atoms with Gasteiger partial charge in [-0.3, -0.25) is 10.1 Å². The fraction of sp³-hybridized carbons (Fsp3) is 0.143. The number of nitro groups is 1. The molecule has 0 aliphatic heterocycles. The summed E-state index contributed by atoms with van der Waals surface area (Å²) in [5.74, 6) is 0.486. The molecule has 7 heteroatoms. The molecule has 0 amide bonds. The van der Waals surface area contributed by atoms with Crippen LogP contribution in [0.1, 0.15) is 5.56 Å². The van der Waals surface area contributed by atoms with Crippen LogP contribution in [0.5, 0.6) is 5.75 Å². The first kappa shape index (κ1) is 15.4. The van der Waals surface area contributed by atoms with Gasteiger partial charge in [-0.1, -0.05) is 29.3 Å². The average molecular weight is 327 g/mol. The van der Waals surface area contributed by atoms with Crippen LogP contribution in [0.15, 0.2) is 30.3 Å². The molecule has 1 N–H and O–H groups in total. The predicted molar refractivity (Wildman–Crippen MR) is 84.1 cm³/mol. The predicted octanol–water partition coefficient (Wildman–Crippen LogP) is 4.96. The third kappa shape index (κ3) is 3.20. The van der Waals surface area contributed by atoms with E-state index in [1.165, 1.54) is 13.2 Å². The largest absolute Gasteiger partial charge is 0.495 e. The van der Waals surface area contributed by atoms with E-state index in [1.807, 2.05) is 6.92 Å². The van der Waals surface area contributed by atoms with Crippen LogP contribution in [0.4, 0.5) is 17.1 Å². The first-order valence-corrected chi connectivity index (χ1v) is 6.73. The molecule has 110 valence electrons. The van der Waals surface area contributed by atoms with E-state index in [9.17, 15) is 10.1 Å². The average Bonchev–Trinajstić information content (AvgIpc) is 2.42. The van der Waals surface area contributed by atoms with E-state index < -0.39 is 4.92 Å². The summed E-state index contributed by atoms with van der Waals surface area (Å²) in [6, 6.07) is 8.08. The fourth-order valence-electron chi connectivity index (χ4n) is 1.88. The second-order valence-corrected chi connectivity index (χ2v) is 5.13. The number of ether oxygens (including phenoxy) is 1. The molecule has 5 nitrogen and oxygen atoms in total. The molecule has 0 bridgehead atoms. The third-order valence-electron chi connectivity index (χ3n) is 2.92. The van der Waals surface area contributed by atoms with Gasteiger partial charge in [0.2, 0.25) is 0 Å². The van der Waals surface area contributed by atoms with Crippen LogP contribution in [0.2, 0.25) is 10.0 Å². The summed E-state index contributed by atoms with van der Waals surface area (Å²) in [7, 11) is 1.50. The maximum absolute atomic E-state index is 11.1. The van der Waals surface area contributed by atoms with Crippen LogP contribution in [0.25, 0.3) is 0 Å². The van der Waals surface area contributed by atoms with Crippen molar-refractivity contribution in [1.29, 1.82) is 0 Å². The lowest BCUT2D eigenvalue weighted by atomic mass is 10.2. The van der Waals surface area contributed by atoms with Crippen molar-refractivity contribution in [3.8, 4) is 5.75 Å². The van der Waals surface area contributed by atoms with Gasteiger partial charge in [0.15, 0.2) is 0 Å². The lowest BCUT2D eigenvalue weighted by Gasteiger charge is -2.13. The third-order valence-corrected chi connectivity index (χ3v) is 3.63. The van der Waals surface area contributed by atoms with Gasteiger partial charge in [0, 0.05) is 11.1 Å². The quantitative estimate of drug-likeness (QED) is 0.636. The molecule has 0 aromatic heterocycles. The van der Waals surface area contributed by atoms with Gasteiger partial charge in [0.05, 0.1) is 17.7 Å². The van der Waals surface area contributed by atoms with Gasteiger partial charge in [0.1, 0.15) is 16.5 Å². The Bertz CT molecular complexity index is 705. The number of nitro benzene ring substituents is 1. The van der Waals surface area contributed by atoms with Crippen molar-refractivity contribution in [2.45, 2.75) is 6.92 Å². The molecular weight excluding hydrogens is 315 g/mol. The monoisotopic (exact) mass is 326 g/mol. The minimum absolute atomic E-state index is 0.0645. The molecule has 2 rings (SSSR count). The molecule has 0 aliphatic carbocycles. The molecule has 0 spiro atoms. The topological polar surface area (TPSA) is 64.4 Å². The van der Waals surface area contributed by atoms with Crippen molar-refractivity contribution in [3.05, 3.63) is 56.1 Å². The molecular formula is C14H12Cl2N2O3. The zero-order valence-corrected chi connectivity index (χ0v) is 12.8. The van der Waals surface area contributed by atoms with Crippen molar-refractivity contribution < 1.29 is 9.66 Å². The fourth-order valence-corrected chi connectivity index (χ4v) is 2.27. The van der Waals surface area contributed by atoms with E-state index >= 15 is 0 Å². The van der Waals surface area contributed by atoms with Crippen LogP contribution < -0.4 is 10.1 Å². The summed E-state index contributed by atoms with van der Waals surface area (Å²) >= 11 is 11.9. The van der Waals surface area contributed by atoms with Gasteiger partial charge in [-0.15, -0.1) is 0 Å². The number of rotatable bonds is 4. The highest BCUT2D eigenvalue weighted by Crippen LogP contribution is 2.38. The maximum Gasteiger partial charge on any atom is 0.311 e. The van der Waals surface area contributed by atoms with E-state index in [2.05, 4.69) is 5.32 Å². The Hall–Kier alpha value is -1.98. The van der Waals surface area contributed by atoms with E-state index in [-0.39, 0.29) is 16.4 Å². The van der Waals surface area contributed by atoms with Crippen molar-refractivity contribution >= 4 is 40.3 Å². The standard InChI is InChI=1S/C14H12Cl2N2O3/c1-8-6-12(13(21-2)7-10(8)16)17-11-5-3-4-9(15)14(11)18(19)20/h3-7,17H,1-2H3. The highest BCUT2D eigenvalue weighted by atomic mass is 35.5. The van der Waals surface area contributed by atoms with Crippen LogP contribution in [-0.4, -0.2) is 12.0 Å². The summed E-state index contributed by atoms with van der Waals surface area (Å²) in [5, 5.41) is 14.7. The van der Waals surface area contributed by atoms with Crippen molar-refractivity contribution in [2.75, 3.05) is 12.4 Å². The zero-order chi connectivity index (χ0) is 15.6. The second kappa shape index (κ2) is 6.20. The Morgan fingerprint density at radius 1 is 1.19 bits per heavy atom. The first-order valence-electron chi connectivity index (χ1n) is 5.98.